The van der Waals surface area contributed by atoms with Crippen molar-refractivity contribution in [3.8, 4) is 0 Å². The maximum atomic E-state index is 12.5. The molecule has 3 N–H and O–H groups in total. The zero-order chi connectivity index (χ0) is 19.5. The molecule has 9 heteroatoms. The third-order valence-corrected chi connectivity index (χ3v) is 3.67. The van der Waals surface area contributed by atoms with Gasteiger partial charge in [0, 0.05) is 42.3 Å². The minimum atomic E-state index is -1.18. The Balaban J connectivity index is 2.16. The molecule has 1 unspecified atom stereocenters. The number of amides is 1. The highest BCUT2D eigenvalue weighted by Gasteiger charge is 2.23. The fourth-order valence-electron chi connectivity index (χ4n) is 2.39. The lowest BCUT2D eigenvalue weighted by atomic mass is 10.1. The molecule has 0 bridgehead atoms. The first-order valence-corrected chi connectivity index (χ1v) is 8.01. The van der Waals surface area contributed by atoms with E-state index in [4.69, 9.17) is 4.74 Å². The highest BCUT2D eigenvalue weighted by atomic mass is 16.6. The number of nitrogens with zero attached hydrogens (tertiary/aromatic N) is 1. The van der Waals surface area contributed by atoms with Crippen molar-refractivity contribution in [1.29, 1.82) is 0 Å². The molecule has 0 fully saturated rings. The predicted molar refractivity (Wildman–Crippen MR) is 94.2 cm³/mol. The average Bonchev–Trinajstić information content (AvgIpc) is 2.95. The van der Waals surface area contributed by atoms with Gasteiger partial charge in [-0.3, -0.25) is 14.9 Å². The number of ether oxygens (including phenoxy) is 1. The second kappa shape index (κ2) is 7.52. The second-order valence-electron chi connectivity index (χ2n) is 6.80. The molecule has 1 atom stereocenters. The highest BCUT2D eigenvalue weighted by Crippen LogP contribution is 2.23. The van der Waals surface area contributed by atoms with Crippen LogP contribution in [0, 0.1) is 10.1 Å². The van der Waals surface area contributed by atoms with Crippen molar-refractivity contribution in [2.24, 2.45) is 0 Å². The van der Waals surface area contributed by atoms with Gasteiger partial charge < -0.3 is 20.1 Å². The van der Waals surface area contributed by atoms with Crippen LogP contribution in [0.4, 0.5) is 5.69 Å². The Morgan fingerprint density at radius 3 is 2.65 bits per heavy atom. The molecular formula is C17H21N3O6. The van der Waals surface area contributed by atoms with E-state index in [1.165, 1.54) is 24.4 Å². The van der Waals surface area contributed by atoms with Gasteiger partial charge in [-0.2, -0.15) is 0 Å². The molecule has 2 rings (SSSR count). The fourth-order valence-corrected chi connectivity index (χ4v) is 2.39. The molecular weight excluding hydrogens is 342 g/mol. The fraction of sp³-hybridized carbons (Fsp3) is 0.412. The number of non-ortho nitro benzene ring substituents is 1. The van der Waals surface area contributed by atoms with Gasteiger partial charge in [0.2, 0.25) is 0 Å². The molecule has 2 aromatic rings. The van der Waals surface area contributed by atoms with E-state index < -0.39 is 28.4 Å². The average molecular weight is 363 g/mol. The van der Waals surface area contributed by atoms with Crippen molar-refractivity contribution < 1.29 is 24.4 Å². The number of H-pyrrole nitrogens is 1. The summed E-state index contributed by atoms with van der Waals surface area (Å²) in [5, 5.41) is 23.0. The Bertz CT molecular complexity index is 837. The largest absolute Gasteiger partial charge is 0.480 e. The molecule has 1 amide bonds. The van der Waals surface area contributed by atoms with E-state index in [0.29, 0.717) is 10.9 Å². The van der Waals surface area contributed by atoms with E-state index in [1.807, 2.05) is 20.8 Å². The van der Waals surface area contributed by atoms with Crippen molar-refractivity contribution in [2.45, 2.75) is 38.8 Å². The molecule has 26 heavy (non-hydrogen) atoms. The lowest BCUT2D eigenvalue weighted by Gasteiger charge is -2.21. The summed E-state index contributed by atoms with van der Waals surface area (Å²) in [4.78, 5) is 37.1. The standard InChI is InChI=1S/C17H21N3O6/c1-17(2,3)26-7-6-14(16(22)23)19-15(21)12-9-18-13-5-4-10(20(24)25)8-11(12)13/h4-5,8-9,14,18H,6-7H2,1-3H3,(H,19,21)(H,22,23). The van der Waals surface area contributed by atoms with Crippen LogP contribution in [0.2, 0.25) is 0 Å². The third-order valence-electron chi connectivity index (χ3n) is 3.67. The van der Waals surface area contributed by atoms with Crippen LogP contribution in [0.5, 0.6) is 0 Å². The normalized spacial score (nSPS) is 12.7. The number of rotatable bonds is 7. The maximum Gasteiger partial charge on any atom is 0.326 e. The summed E-state index contributed by atoms with van der Waals surface area (Å²) >= 11 is 0. The van der Waals surface area contributed by atoms with Gasteiger partial charge in [0.25, 0.3) is 11.6 Å². The number of carboxylic acid groups (broad SMARTS) is 1. The van der Waals surface area contributed by atoms with E-state index >= 15 is 0 Å². The van der Waals surface area contributed by atoms with Gasteiger partial charge in [0.05, 0.1) is 16.1 Å². The third kappa shape index (κ3) is 4.79. The lowest BCUT2D eigenvalue weighted by molar-refractivity contribution is -0.384. The first kappa shape index (κ1) is 19.4. The highest BCUT2D eigenvalue weighted by molar-refractivity contribution is 6.08. The topological polar surface area (TPSA) is 135 Å². The lowest BCUT2D eigenvalue weighted by Crippen LogP contribution is -2.42. The summed E-state index contributed by atoms with van der Waals surface area (Å²) < 4.78 is 5.50. The minimum absolute atomic E-state index is 0.0981. The number of fused-ring (bicyclic) bond motifs is 1. The number of nitro groups is 1. The van der Waals surface area contributed by atoms with Crippen LogP contribution in [0.1, 0.15) is 37.6 Å². The molecule has 9 nitrogen and oxygen atoms in total. The monoisotopic (exact) mass is 363 g/mol. The molecule has 0 aliphatic heterocycles. The number of carboxylic acids is 1. The van der Waals surface area contributed by atoms with Gasteiger partial charge in [-0.15, -0.1) is 0 Å². The van der Waals surface area contributed by atoms with Crippen molar-refractivity contribution in [3.05, 3.63) is 40.1 Å². The van der Waals surface area contributed by atoms with Gasteiger partial charge in [0.15, 0.2) is 0 Å². The molecule has 0 saturated carbocycles. The summed E-state index contributed by atoms with van der Waals surface area (Å²) in [6, 6.07) is 2.97. The number of hydrogen-bond acceptors (Lipinski definition) is 5. The van der Waals surface area contributed by atoms with Crippen LogP contribution in [0.25, 0.3) is 10.9 Å². The number of nitrogens with one attached hydrogen (secondary N) is 2. The van der Waals surface area contributed by atoms with Crippen LogP contribution in [0.15, 0.2) is 24.4 Å². The Hall–Kier alpha value is -2.94. The number of nitro benzene ring substituents is 1. The summed E-state index contributed by atoms with van der Waals surface area (Å²) in [5.41, 5.74) is 0.123. The van der Waals surface area contributed by atoms with Crippen LogP contribution in [-0.4, -0.2) is 45.1 Å². The van der Waals surface area contributed by atoms with Crippen molar-refractivity contribution >= 4 is 28.5 Å². The summed E-state index contributed by atoms with van der Waals surface area (Å²) in [5.74, 6) is -1.80. The van der Waals surface area contributed by atoms with E-state index in [1.54, 1.807) is 0 Å². The number of aliphatic carboxylic acids is 1. The number of hydrogen-bond donors (Lipinski definition) is 3. The molecule has 1 aromatic heterocycles. The van der Waals surface area contributed by atoms with Crippen LogP contribution in [0.3, 0.4) is 0 Å². The number of benzene rings is 1. The van der Waals surface area contributed by atoms with E-state index in [-0.39, 0.29) is 24.3 Å². The Morgan fingerprint density at radius 2 is 2.08 bits per heavy atom. The smallest absolute Gasteiger partial charge is 0.326 e. The summed E-state index contributed by atoms with van der Waals surface area (Å²) in [6.45, 7) is 5.71. The number of carbonyl (C=O) groups excluding carboxylic acids is 1. The van der Waals surface area contributed by atoms with E-state index in [2.05, 4.69) is 10.3 Å². The maximum absolute atomic E-state index is 12.5. The summed E-state index contributed by atoms with van der Waals surface area (Å²) in [6.07, 6.45) is 1.50. The molecule has 140 valence electrons. The Labute approximate surface area is 149 Å². The van der Waals surface area contributed by atoms with Crippen molar-refractivity contribution in [1.82, 2.24) is 10.3 Å². The number of aromatic nitrogens is 1. The number of carbonyl (C=O) groups is 2. The van der Waals surface area contributed by atoms with E-state index in [9.17, 15) is 24.8 Å². The zero-order valence-corrected chi connectivity index (χ0v) is 14.7. The van der Waals surface area contributed by atoms with Gasteiger partial charge in [0.1, 0.15) is 6.04 Å². The Morgan fingerprint density at radius 1 is 1.38 bits per heavy atom. The van der Waals surface area contributed by atoms with Gasteiger partial charge in [-0.25, -0.2) is 4.79 Å². The van der Waals surface area contributed by atoms with Gasteiger partial charge >= 0.3 is 5.97 Å². The molecule has 0 spiro atoms. The second-order valence-corrected chi connectivity index (χ2v) is 6.80. The first-order valence-electron chi connectivity index (χ1n) is 8.01. The van der Waals surface area contributed by atoms with Crippen molar-refractivity contribution in [2.75, 3.05) is 6.61 Å². The van der Waals surface area contributed by atoms with Gasteiger partial charge in [-0.05, 0) is 26.8 Å². The Kier molecular flexibility index (Phi) is 5.61. The van der Waals surface area contributed by atoms with Crippen LogP contribution < -0.4 is 5.32 Å². The summed E-state index contributed by atoms with van der Waals surface area (Å²) in [7, 11) is 0. The van der Waals surface area contributed by atoms with Gasteiger partial charge in [-0.1, -0.05) is 0 Å². The molecule has 1 aromatic carbocycles. The van der Waals surface area contributed by atoms with Crippen LogP contribution >= 0.6 is 0 Å². The minimum Gasteiger partial charge on any atom is -0.480 e. The zero-order valence-electron chi connectivity index (χ0n) is 14.7. The SMILES string of the molecule is CC(C)(C)OCCC(NC(=O)c1c[nH]c2ccc([N+](=O)[O-])cc12)C(=O)O. The van der Waals surface area contributed by atoms with Crippen LogP contribution in [-0.2, 0) is 9.53 Å². The first-order chi connectivity index (χ1) is 12.1. The molecule has 0 radical (unpaired) electrons. The quantitative estimate of drug-likeness (QED) is 0.511. The molecule has 0 aliphatic rings. The molecule has 0 aliphatic carbocycles. The predicted octanol–water partition coefficient (Wildman–Crippen LogP) is 2.46. The van der Waals surface area contributed by atoms with E-state index in [0.717, 1.165) is 0 Å². The van der Waals surface area contributed by atoms with Crippen molar-refractivity contribution in [3.63, 3.8) is 0 Å². The molecule has 0 saturated heterocycles. The molecule has 1 heterocycles. The number of aromatic amines is 1.